The zero-order chi connectivity index (χ0) is 18.7. The number of hydrogen-bond donors (Lipinski definition) is 0. The van der Waals surface area contributed by atoms with Gasteiger partial charge >= 0.3 is 0 Å². The van der Waals surface area contributed by atoms with Gasteiger partial charge in [0.25, 0.3) is 0 Å². The summed E-state index contributed by atoms with van der Waals surface area (Å²) in [6.45, 7) is 6.84. The number of aromatic nitrogens is 1. The van der Waals surface area contributed by atoms with Crippen LogP contribution in [0, 0.1) is 11.3 Å². The monoisotopic (exact) mass is 352 g/mol. The van der Waals surface area contributed by atoms with Crippen LogP contribution in [0.15, 0.2) is 36.5 Å². The van der Waals surface area contributed by atoms with Crippen molar-refractivity contribution in [3.8, 4) is 11.8 Å². The molecule has 136 valence electrons. The Morgan fingerprint density at radius 2 is 2.00 bits per heavy atom. The number of nitriles is 1. The lowest BCUT2D eigenvalue weighted by Gasteiger charge is -2.39. The number of methoxy groups -OCH3 is 1. The van der Waals surface area contributed by atoms with Crippen LogP contribution in [-0.4, -0.2) is 41.6 Å². The van der Waals surface area contributed by atoms with Crippen molar-refractivity contribution in [2.24, 2.45) is 0 Å². The van der Waals surface area contributed by atoms with Crippen LogP contribution in [0.5, 0.6) is 5.75 Å². The summed E-state index contributed by atoms with van der Waals surface area (Å²) < 4.78 is 7.12. The maximum Gasteiger partial charge on any atom is 0.244 e. The average Bonchev–Trinajstić information content (AvgIpc) is 3.08. The standard InChI is InChI=1S/C20H24N4O2/c1-4-22-13-16(11-18(22)12-21)14-23-9-10-24(20(25)15(23)2)17-5-7-19(26-3)8-6-17/h5-8,11,13,15H,4,9-10,14H2,1-3H3/t15-/m0/s1. The van der Waals surface area contributed by atoms with Crippen LogP contribution in [-0.2, 0) is 17.9 Å². The molecule has 6 heteroatoms. The third-order valence-corrected chi connectivity index (χ3v) is 4.96. The molecule has 2 heterocycles. The Labute approximate surface area is 154 Å². The van der Waals surface area contributed by atoms with E-state index in [2.05, 4.69) is 11.0 Å². The molecule has 1 amide bonds. The smallest absolute Gasteiger partial charge is 0.244 e. The van der Waals surface area contributed by atoms with Gasteiger partial charge in [0.05, 0.1) is 13.2 Å². The predicted molar refractivity (Wildman–Crippen MR) is 100 cm³/mol. The van der Waals surface area contributed by atoms with Crippen molar-refractivity contribution in [3.63, 3.8) is 0 Å². The number of benzene rings is 1. The Hall–Kier alpha value is -2.78. The lowest BCUT2D eigenvalue weighted by molar-refractivity contribution is -0.125. The molecule has 0 aliphatic carbocycles. The number of carbonyl (C=O) groups is 1. The van der Waals surface area contributed by atoms with Gasteiger partial charge in [0.2, 0.25) is 5.91 Å². The number of nitrogens with zero attached hydrogens (tertiary/aromatic N) is 4. The Morgan fingerprint density at radius 3 is 2.58 bits per heavy atom. The normalized spacial score (nSPS) is 18.0. The van der Waals surface area contributed by atoms with E-state index < -0.39 is 0 Å². The van der Waals surface area contributed by atoms with Gasteiger partial charge in [-0.05, 0) is 49.7 Å². The fraction of sp³-hybridized carbons (Fsp3) is 0.400. The average molecular weight is 352 g/mol. The van der Waals surface area contributed by atoms with Crippen molar-refractivity contribution in [2.75, 3.05) is 25.1 Å². The number of ether oxygens (including phenoxy) is 1. The zero-order valence-corrected chi connectivity index (χ0v) is 15.5. The number of rotatable bonds is 5. The number of anilines is 1. The van der Waals surface area contributed by atoms with E-state index in [0.29, 0.717) is 18.8 Å². The maximum absolute atomic E-state index is 12.9. The van der Waals surface area contributed by atoms with E-state index in [-0.39, 0.29) is 11.9 Å². The summed E-state index contributed by atoms with van der Waals surface area (Å²) in [7, 11) is 1.63. The van der Waals surface area contributed by atoms with E-state index in [4.69, 9.17) is 4.74 Å². The molecule has 2 aromatic rings. The highest BCUT2D eigenvalue weighted by Gasteiger charge is 2.32. The van der Waals surface area contributed by atoms with E-state index >= 15 is 0 Å². The van der Waals surface area contributed by atoms with Crippen LogP contribution in [0.4, 0.5) is 5.69 Å². The summed E-state index contributed by atoms with van der Waals surface area (Å²) in [5, 5.41) is 9.21. The molecule has 0 radical (unpaired) electrons. The summed E-state index contributed by atoms with van der Waals surface area (Å²) in [5.74, 6) is 0.874. The zero-order valence-electron chi connectivity index (χ0n) is 15.5. The van der Waals surface area contributed by atoms with Crippen molar-refractivity contribution in [1.29, 1.82) is 5.26 Å². The summed E-state index contributed by atoms with van der Waals surface area (Å²) in [6.07, 6.45) is 2.01. The first-order valence-electron chi connectivity index (χ1n) is 8.86. The van der Waals surface area contributed by atoms with Crippen molar-refractivity contribution >= 4 is 11.6 Å². The lowest BCUT2D eigenvalue weighted by Crippen LogP contribution is -2.55. The molecule has 1 saturated heterocycles. The van der Waals surface area contributed by atoms with Gasteiger partial charge in [-0.25, -0.2) is 0 Å². The number of hydrogen-bond acceptors (Lipinski definition) is 4. The van der Waals surface area contributed by atoms with Crippen LogP contribution < -0.4 is 9.64 Å². The third kappa shape index (κ3) is 3.44. The van der Waals surface area contributed by atoms with Gasteiger partial charge in [-0.15, -0.1) is 0 Å². The summed E-state index contributed by atoms with van der Waals surface area (Å²) in [6, 6.07) is 11.5. The molecule has 6 nitrogen and oxygen atoms in total. The molecule has 0 unspecified atom stereocenters. The highest BCUT2D eigenvalue weighted by atomic mass is 16.5. The summed E-state index contributed by atoms with van der Waals surface area (Å²) >= 11 is 0. The minimum absolute atomic E-state index is 0.0943. The van der Waals surface area contributed by atoms with Gasteiger partial charge < -0.3 is 14.2 Å². The van der Waals surface area contributed by atoms with Gasteiger partial charge in [-0.1, -0.05) is 0 Å². The second-order valence-corrected chi connectivity index (χ2v) is 6.47. The first-order chi connectivity index (χ1) is 12.6. The van der Waals surface area contributed by atoms with E-state index in [1.54, 1.807) is 7.11 Å². The van der Waals surface area contributed by atoms with Crippen LogP contribution in [0.3, 0.4) is 0 Å². The largest absolute Gasteiger partial charge is 0.497 e. The number of aryl methyl sites for hydroxylation is 1. The van der Waals surface area contributed by atoms with Crippen molar-refractivity contribution in [3.05, 3.63) is 47.8 Å². The lowest BCUT2D eigenvalue weighted by atomic mass is 10.1. The third-order valence-electron chi connectivity index (χ3n) is 4.96. The Morgan fingerprint density at radius 1 is 1.27 bits per heavy atom. The van der Waals surface area contributed by atoms with Gasteiger partial charge in [-0.2, -0.15) is 5.26 Å². The van der Waals surface area contributed by atoms with Crippen molar-refractivity contribution in [1.82, 2.24) is 9.47 Å². The molecule has 3 rings (SSSR count). The number of amides is 1. The molecular weight excluding hydrogens is 328 g/mol. The molecule has 1 fully saturated rings. The summed E-state index contributed by atoms with van der Waals surface area (Å²) in [5.41, 5.74) is 2.63. The number of piperazine rings is 1. The molecule has 1 atom stereocenters. The first-order valence-corrected chi connectivity index (χ1v) is 8.86. The van der Waals surface area contributed by atoms with Gasteiger partial charge in [0.15, 0.2) is 0 Å². The molecule has 0 bridgehead atoms. The fourth-order valence-corrected chi connectivity index (χ4v) is 3.39. The molecule has 1 aliphatic heterocycles. The Bertz CT molecular complexity index is 819. The molecule has 0 saturated carbocycles. The quantitative estimate of drug-likeness (QED) is 0.830. The van der Waals surface area contributed by atoms with E-state index in [0.717, 1.165) is 30.1 Å². The Kier molecular flexibility index (Phi) is 5.29. The highest BCUT2D eigenvalue weighted by molar-refractivity contribution is 5.97. The summed E-state index contributed by atoms with van der Waals surface area (Å²) in [4.78, 5) is 16.9. The van der Waals surface area contributed by atoms with Crippen molar-refractivity contribution < 1.29 is 9.53 Å². The van der Waals surface area contributed by atoms with E-state index in [9.17, 15) is 10.1 Å². The van der Waals surface area contributed by atoms with E-state index in [1.165, 1.54) is 0 Å². The molecule has 1 aromatic carbocycles. The molecule has 26 heavy (non-hydrogen) atoms. The fourth-order valence-electron chi connectivity index (χ4n) is 3.39. The SMILES string of the molecule is CCn1cc(CN2CCN(c3ccc(OC)cc3)C(=O)[C@@H]2C)cc1C#N. The highest BCUT2D eigenvalue weighted by Crippen LogP contribution is 2.24. The molecule has 0 spiro atoms. The number of carbonyl (C=O) groups excluding carboxylic acids is 1. The second kappa shape index (κ2) is 7.63. The molecule has 1 aromatic heterocycles. The van der Waals surface area contributed by atoms with Crippen LogP contribution >= 0.6 is 0 Å². The second-order valence-electron chi connectivity index (χ2n) is 6.47. The predicted octanol–water partition coefficient (Wildman–Crippen LogP) is 2.63. The maximum atomic E-state index is 12.9. The molecule has 0 N–H and O–H groups in total. The minimum Gasteiger partial charge on any atom is -0.497 e. The Balaban J connectivity index is 1.71. The molecular formula is C20H24N4O2. The van der Waals surface area contributed by atoms with Crippen LogP contribution in [0.25, 0.3) is 0 Å². The van der Waals surface area contributed by atoms with Gasteiger partial charge in [0.1, 0.15) is 17.5 Å². The molecule has 1 aliphatic rings. The van der Waals surface area contributed by atoms with Crippen LogP contribution in [0.2, 0.25) is 0 Å². The van der Waals surface area contributed by atoms with Crippen LogP contribution in [0.1, 0.15) is 25.1 Å². The van der Waals surface area contributed by atoms with Gasteiger partial charge in [-0.3, -0.25) is 9.69 Å². The minimum atomic E-state index is -0.207. The van der Waals surface area contributed by atoms with Gasteiger partial charge in [0, 0.05) is 38.1 Å². The first kappa shape index (κ1) is 18.0. The van der Waals surface area contributed by atoms with Crippen molar-refractivity contribution in [2.45, 2.75) is 33.0 Å². The topological polar surface area (TPSA) is 61.5 Å². The van der Waals surface area contributed by atoms with E-state index in [1.807, 2.05) is 59.8 Å².